The lowest BCUT2D eigenvalue weighted by atomic mass is 9.75. The Morgan fingerprint density at radius 1 is 1.29 bits per heavy atom. The van der Waals surface area contributed by atoms with Crippen LogP contribution in [0.1, 0.15) is 46.5 Å². The monoisotopic (exact) mass is 247 g/mol. The highest BCUT2D eigenvalue weighted by atomic mass is 16.4. The minimum atomic E-state index is -1.47. The SMILES string of the molecule is CCCC(CC(C)O)C(N)(CC(C)O)C(=O)O. The van der Waals surface area contributed by atoms with Gasteiger partial charge in [-0.2, -0.15) is 0 Å². The molecule has 0 aliphatic heterocycles. The van der Waals surface area contributed by atoms with Gasteiger partial charge >= 0.3 is 5.97 Å². The van der Waals surface area contributed by atoms with Crippen molar-refractivity contribution in [2.45, 2.75) is 64.2 Å². The topological polar surface area (TPSA) is 104 Å². The first-order chi connectivity index (χ1) is 7.74. The van der Waals surface area contributed by atoms with Gasteiger partial charge in [0.2, 0.25) is 0 Å². The van der Waals surface area contributed by atoms with Crippen molar-refractivity contribution in [1.82, 2.24) is 0 Å². The predicted octanol–water partition coefficient (Wildman–Crippen LogP) is 0.727. The molecule has 0 saturated carbocycles. The van der Waals surface area contributed by atoms with Gasteiger partial charge < -0.3 is 21.1 Å². The lowest BCUT2D eigenvalue weighted by Gasteiger charge is -2.35. The molecule has 0 saturated heterocycles. The Balaban J connectivity index is 4.99. The van der Waals surface area contributed by atoms with Gasteiger partial charge in [-0.1, -0.05) is 13.3 Å². The average molecular weight is 247 g/mol. The third-order valence-corrected chi connectivity index (χ3v) is 3.02. The Labute approximate surface area is 103 Å². The standard InChI is InChI=1S/C12H25NO4/c1-4-5-10(6-8(2)14)12(13,11(16)17)7-9(3)15/h8-10,14-15H,4-7,13H2,1-3H3,(H,16,17). The third-order valence-electron chi connectivity index (χ3n) is 3.02. The molecule has 0 aliphatic carbocycles. The second-order valence-electron chi connectivity index (χ2n) is 4.97. The van der Waals surface area contributed by atoms with E-state index >= 15 is 0 Å². The summed E-state index contributed by atoms with van der Waals surface area (Å²) < 4.78 is 0. The molecular weight excluding hydrogens is 222 g/mol. The average Bonchev–Trinajstić information content (AvgIpc) is 2.14. The fourth-order valence-corrected chi connectivity index (χ4v) is 2.26. The summed E-state index contributed by atoms with van der Waals surface area (Å²) in [6, 6.07) is 0. The van der Waals surface area contributed by atoms with E-state index in [1.807, 2.05) is 6.92 Å². The Morgan fingerprint density at radius 3 is 2.12 bits per heavy atom. The molecule has 0 bridgehead atoms. The van der Waals surface area contributed by atoms with Crippen LogP contribution in [0.3, 0.4) is 0 Å². The smallest absolute Gasteiger partial charge is 0.324 e. The van der Waals surface area contributed by atoms with E-state index in [9.17, 15) is 20.1 Å². The van der Waals surface area contributed by atoms with Crippen LogP contribution in [0.5, 0.6) is 0 Å². The highest BCUT2D eigenvalue weighted by molar-refractivity contribution is 5.79. The minimum Gasteiger partial charge on any atom is -0.480 e. The number of carboxylic acids is 1. The molecule has 4 unspecified atom stereocenters. The summed E-state index contributed by atoms with van der Waals surface area (Å²) in [5.74, 6) is -1.45. The number of hydrogen-bond acceptors (Lipinski definition) is 4. The Morgan fingerprint density at radius 2 is 1.82 bits per heavy atom. The summed E-state index contributed by atoms with van der Waals surface area (Å²) in [6.07, 6.45) is 0.389. The molecule has 0 fully saturated rings. The fourth-order valence-electron chi connectivity index (χ4n) is 2.26. The first-order valence-electron chi connectivity index (χ1n) is 6.12. The lowest BCUT2D eigenvalue weighted by Crippen LogP contribution is -2.56. The van der Waals surface area contributed by atoms with Crippen molar-refractivity contribution >= 4 is 5.97 Å². The second kappa shape index (κ2) is 6.93. The number of nitrogens with two attached hydrogens (primary N) is 1. The number of aliphatic hydroxyl groups is 2. The minimum absolute atomic E-state index is 0.000278. The van der Waals surface area contributed by atoms with Gasteiger partial charge in [0, 0.05) is 6.42 Å². The molecule has 0 aromatic carbocycles. The highest BCUT2D eigenvalue weighted by Crippen LogP contribution is 2.29. The van der Waals surface area contributed by atoms with Crippen molar-refractivity contribution in [3.63, 3.8) is 0 Å². The highest BCUT2D eigenvalue weighted by Gasteiger charge is 2.42. The number of hydrogen-bond donors (Lipinski definition) is 4. The summed E-state index contributed by atoms with van der Waals surface area (Å²) in [5.41, 5.74) is 4.48. The van der Waals surface area contributed by atoms with E-state index < -0.39 is 23.7 Å². The molecule has 4 atom stereocenters. The van der Waals surface area contributed by atoms with Crippen molar-refractivity contribution < 1.29 is 20.1 Å². The van der Waals surface area contributed by atoms with E-state index in [1.54, 1.807) is 6.92 Å². The first kappa shape index (κ1) is 16.4. The summed E-state index contributed by atoms with van der Waals surface area (Å²) >= 11 is 0. The third kappa shape index (κ3) is 5.02. The second-order valence-corrected chi connectivity index (χ2v) is 4.97. The van der Waals surface area contributed by atoms with Crippen LogP contribution >= 0.6 is 0 Å². The number of rotatable bonds is 8. The van der Waals surface area contributed by atoms with Crippen molar-refractivity contribution in [3.05, 3.63) is 0 Å². The summed E-state index contributed by atoms with van der Waals surface area (Å²) in [4.78, 5) is 11.3. The van der Waals surface area contributed by atoms with Gasteiger partial charge in [-0.15, -0.1) is 0 Å². The van der Waals surface area contributed by atoms with E-state index in [1.165, 1.54) is 6.92 Å². The van der Waals surface area contributed by atoms with Crippen LogP contribution in [-0.2, 0) is 4.79 Å². The van der Waals surface area contributed by atoms with Gasteiger partial charge in [0.25, 0.3) is 0 Å². The van der Waals surface area contributed by atoms with Crippen LogP contribution < -0.4 is 5.73 Å². The lowest BCUT2D eigenvalue weighted by molar-refractivity contribution is -0.147. The van der Waals surface area contributed by atoms with Crippen LogP contribution in [0.2, 0.25) is 0 Å². The van der Waals surface area contributed by atoms with Crippen molar-refractivity contribution in [1.29, 1.82) is 0 Å². The summed E-state index contributed by atoms with van der Waals surface area (Å²) in [6.45, 7) is 5.09. The molecule has 5 nitrogen and oxygen atoms in total. The van der Waals surface area contributed by atoms with Gasteiger partial charge in [-0.05, 0) is 32.6 Å². The first-order valence-corrected chi connectivity index (χ1v) is 6.12. The van der Waals surface area contributed by atoms with Crippen molar-refractivity contribution in [2.75, 3.05) is 0 Å². The number of aliphatic hydroxyl groups excluding tert-OH is 2. The Bertz CT molecular complexity index is 243. The van der Waals surface area contributed by atoms with Crippen molar-refractivity contribution in [3.8, 4) is 0 Å². The van der Waals surface area contributed by atoms with E-state index in [2.05, 4.69) is 0 Å². The van der Waals surface area contributed by atoms with Gasteiger partial charge in [-0.25, -0.2) is 0 Å². The van der Waals surface area contributed by atoms with Crippen LogP contribution in [0, 0.1) is 5.92 Å². The summed E-state index contributed by atoms with van der Waals surface area (Å²) in [5, 5.41) is 28.1. The van der Waals surface area contributed by atoms with Crippen LogP contribution in [0.4, 0.5) is 0 Å². The number of carbonyl (C=O) groups is 1. The zero-order chi connectivity index (χ0) is 13.6. The molecule has 0 amide bonds. The largest absolute Gasteiger partial charge is 0.480 e. The van der Waals surface area contributed by atoms with E-state index in [4.69, 9.17) is 5.73 Å². The van der Waals surface area contributed by atoms with Gasteiger partial charge in [0.15, 0.2) is 0 Å². The van der Waals surface area contributed by atoms with E-state index in [0.717, 1.165) is 6.42 Å². The van der Waals surface area contributed by atoms with Crippen LogP contribution in [0.25, 0.3) is 0 Å². The van der Waals surface area contributed by atoms with E-state index in [0.29, 0.717) is 12.8 Å². The summed E-state index contributed by atoms with van der Waals surface area (Å²) in [7, 11) is 0. The maximum absolute atomic E-state index is 11.3. The number of aliphatic carboxylic acids is 1. The normalized spacial score (nSPS) is 20.4. The maximum atomic E-state index is 11.3. The molecule has 0 aliphatic rings. The zero-order valence-corrected chi connectivity index (χ0v) is 10.9. The van der Waals surface area contributed by atoms with Crippen molar-refractivity contribution in [2.24, 2.45) is 11.7 Å². The molecule has 17 heavy (non-hydrogen) atoms. The molecule has 5 heteroatoms. The number of carboxylic acid groups (broad SMARTS) is 1. The van der Waals surface area contributed by atoms with E-state index in [-0.39, 0.29) is 12.3 Å². The molecule has 5 N–H and O–H groups in total. The predicted molar refractivity (Wildman–Crippen MR) is 65.5 cm³/mol. The molecule has 0 heterocycles. The maximum Gasteiger partial charge on any atom is 0.324 e. The van der Waals surface area contributed by atoms with Crippen LogP contribution in [-0.4, -0.2) is 39.0 Å². The quantitative estimate of drug-likeness (QED) is 0.506. The molecule has 0 aromatic rings. The zero-order valence-electron chi connectivity index (χ0n) is 10.9. The Kier molecular flexibility index (Phi) is 6.67. The molecule has 0 radical (unpaired) electrons. The molecule has 0 rings (SSSR count). The van der Waals surface area contributed by atoms with Gasteiger partial charge in [0.1, 0.15) is 5.54 Å². The fraction of sp³-hybridized carbons (Fsp3) is 0.917. The Hall–Kier alpha value is -0.650. The van der Waals surface area contributed by atoms with Gasteiger partial charge in [0.05, 0.1) is 12.2 Å². The molecule has 0 aromatic heterocycles. The molecular formula is C12H25NO4. The molecule has 0 spiro atoms. The molecule has 102 valence electrons. The van der Waals surface area contributed by atoms with Gasteiger partial charge in [-0.3, -0.25) is 4.79 Å². The van der Waals surface area contributed by atoms with Crippen LogP contribution in [0.15, 0.2) is 0 Å².